The van der Waals surface area contributed by atoms with E-state index in [2.05, 4.69) is 38.5 Å². The van der Waals surface area contributed by atoms with Crippen molar-refractivity contribution in [2.24, 2.45) is 5.92 Å². The summed E-state index contributed by atoms with van der Waals surface area (Å²) in [6, 6.07) is 0. The number of rotatable bonds is 5. The van der Waals surface area contributed by atoms with Gasteiger partial charge in [-0.2, -0.15) is 0 Å². The van der Waals surface area contributed by atoms with E-state index in [0.29, 0.717) is 17.9 Å². The normalized spacial score (nSPS) is 22.7. The van der Waals surface area contributed by atoms with Crippen molar-refractivity contribution in [2.45, 2.75) is 31.4 Å². The van der Waals surface area contributed by atoms with Crippen molar-refractivity contribution in [3.8, 4) is 5.75 Å². The molecule has 1 saturated heterocycles. The summed E-state index contributed by atoms with van der Waals surface area (Å²) >= 11 is 5.18. The molecule has 2 aliphatic heterocycles. The number of allylic oxidation sites excluding steroid dienone is 1. The van der Waals surface area contributed by atoms with Crippen LogP contribution >= 0.6 is 27.7 Å². The van der Waals surface area contributed by atoms with E-state index in [1.807, 2.05) is 13.0 Å². The molecule has 1 fully saturated rings. The van der Waals surface area contributed by atoms with Crippen molar-refractivity contribution >= 4 is 39.8 Å². The van der Waals surface area contributed by atoms with Crippen molar-refractivity contribution in [1.29, 1.82) is 0 Å². The van der Waals surface area contributed by atoms with Gasteiger partial charge in [-0.3, -0.25) is 4.79 Å². The summed E-state index contributed by atoms with van der Waals surface area (Å²) < 4.78 is 11.7. The van der Waals surface area contributed by atoms with Crippen LogP contribution in [-0.4, -0.2) is 30.1 Å². The Morgan fingerprint density at radius 3 is 2.88 bits per heavy atom. The summed E-state index contributed by atoms with van der Waals surface area (Å²) in [4.78, 5) is 15.8. The fourth-order valence-corrected chi connectivity index (χ4v) is 4.58. The molecule has 1 aromatic heterocycles. The van der Waals surface area contributed by atoms with Gasteiger partial charge >= 0.3 is 0 Å². The third kappa shape index (κ3) is 4.41. The Morgan fingerprint density at radius 1 is 1.44 bits per heavy atom. The number of hydrogen-bond donors (Lipinski definition) is 1. The van der Waals surface area contributed by atoms with E-state index in [9.17, 15) is 4.79 Å². The quantitative estimate of drug-likeness (QED) is 0.736. The Kier molecular flexibility index (Phi) is 6.84. The Balaban J connectivity index is 2.02. The second-order valence-electron chi connectivity index (χ2n) is 6.27. The third-order valence-electron chi connectivity index (χ3n) is 4.66. The average Bonchev–Trinajstić information content (AvgIpc) is 3.16. The van der Waals surface area contributed by atoms with Gasteiger partial charge in [-0.25, -0.2) is 0 Å². The molecule has 3 rings (SSSR count). The minimum atomic E-state index is -0.0389. The van der Waals surface area contributed by atoms with Crippen LogP contribution < -0.4 is 20.9 Å². The van der Waals surface area contributed by atoms with E-state index in [4.69, 9.17) is 9.47 Å². The molecule has 1 N–H and O–H groups in total. The number of pyridine rings is 1. The summed E-state index contributed by atoms with van der Waals surface area (Å²) in [5.74, 6) is 1.24. The first kappa shape index (κ1) is 18.8. The van der Waals surface area contributed by atoms with E-state index in [0.717, 1.165) is 54.4 Å². The van der Waals surface area contributed by atoms with Crippen LogP contribution in [0.2, 0.25) is 0 Å². The predicted octanol–water partition coefficient (Wildman–Crippen LogP) is 2.85. The molecule has 0 aromatic carbocycles. The van der Waals surface area contributed by atoms with Gasteiger partial charge in [-0.1, -0.05) is 34.2 Å². The molecule has 1 unspecified atom stereocenters. The van der Waals surface area contributed by atoms with Gasteiger partial charge in [0.05, 0.1) is 12.2 Å². The zero-order valence-electron chi connectivity index (χ0n) is 14.4. The smallest absolute Gasteiger partial charge is 0.256 e. The first-order valence-electron chi connectivity index (χ1n) is 8.74. The molecule has 0 amide bonds. The molecular weight excluding hydrogens is 402 g/mol. The van der Waals surface area contributed by atoms with Crippen LogP contribution in [-0.2, 0) is 4.74 Å². The van der Waals surface area contributed by atoms with Gasteiger partial charge in [-0.15, -0.1) is 11.8 Å². The molecule has 0 saturated carbocycles. The summed E-state index contributed by atoms with van der Waals surface area (Å²) in [5.41, 5.74) is 0.725. The van der Waals surface area contributed by atoms with E-state index in [1.165, 1.54) is 0 Å². The lowest BCUT2D eigenvalue weighted by Crippen LogP contribution is -2.39. The number of halogens is 1. The number of H-pyrrole nitrogens is 1. The molecule has 0 bridgehead atoms. The van der Waals surface area contributed by atoms with Gasteiger partial charge in [0, 0.05) is 34.4 Å². The van der Waals surface area contributed by atoms with Crippen LogP contribution in [0.15, 0.2) is 16.3 Å². The van der Waals surface area contributed by atoms with Crippen LogP contribution in [0.25, 0.3) is 12.2 Å². The first-order chi connectivity index (χ1) is 12.2. The molecule has 1 atom stereocenters. The zero-order chi connectivity index (χ0) is 17.6. The summed E-state index contributed by atoms with van der Waals surface area (Å²) in [5, 5.41) is 4.71. The number of aromatic amines is 1. The van der Waals surface area contributed by atoms with Crippen molar-refractivity contribution in [3.63, 3.8) is 0 Å². The molecule has 1 aromatic rings. The molecule has 4 nitrogen and oxygen atoms in total. The number of aromatic nitrogens is 1. The van der Waals surface area contributed by atoms with Gasteiger partial charge in [0.25, 0.3) is 5.56 Å². The summed E-state index contributed by atoms with van der Waals surface area (Å²) in [7, 11) is 0. The van der Waals surface area contributed by atoms with Crippen LogP contribution in [0.5, 0.6) is 5.75 Å². The average molecular weight is 426 g/mol. The fraction of sp³-hybridized carbons (Fsp3) is 0.526. The molecule has 6 heteroatoms. The highest BCUT2D eigenvalue weighted by atomic mass is 79.9. The maximum Gasteiger partial charge on any atom is 0.256 e. The van der Waals surface area contributed by atoms with Crippen molar-refractivity contribution in [3.05, 3.63) is 38.0 Å². The highest BCUT2D eigenvalue weighted by molar-refractivity contribution is 9.09. The number of alkyl halides is 1. The lowest BCUT2D eigenvalue weighted by molar-refractivity contribution is 0.0494. The maximum absolute atomic E-state index is 12.8. The Hall–Kier alpha value is -0.980. The predicted molar refractivity (Wildman–Crippen MR) is 108 cm³/mol. The van der Waals surface area contributed by atoms with Crippen LogP contribution in [0.4, 0.5) is 0 Å². The highest BCUT2D eigenvalue weighted by Gasteiger charge is 2.24. The van der Waals surface area contributed by atoms with Gasteiger partial charge in [0.15, 0.2) is 0 Å². The van der Waals surface area contributed by atoms with E-state index in [-0.39, 0.29) is 10.8 Å². The van der Waals surface area contributed by atoms with Crippen molar-refractivity contribution in [1.82, 2.24) is 4.98 Å². The van der Waals surface area contributed by atoms with Gasteiger partial charge in [0.2, 0.25) is 0 Å². The summed E-state index contributed by atoms with van der Waals surface area (Å²) in [6.45, 7) is 4.17. The number of hydrogen-bond acceptors (Lipinski definition) is 4. The molecule has 136 valence electrons. The lowest BCUT2D eigenvalue weighted by Gasteiger charge is -2.23. The van der Waals surface area contributed by atoms with Crippen LogP contribution in [0.3, 0.4) is 0 Å². The van der Waals surface area contributed by atoms with E-state index < -0.39 is 0 Å². The maximum atomic E-state index is 12.8. The highest BCUT2D eigenvalue weighted by Crippen LogP contribution is 2.39. The molecule has 0 aliphatic carbocycles. The number of ether oxygens (including phenoxy) is 2. The topological polar surface area (TPSA) is 51.3 Å². The minimum absolute atomic E-state index is 0.0389. The molecule has 3 heterocycles. The first-order valence-corrected chi connectivity index (χ1v) is 10.8. The molecule has 25 heavy (non-hydrogen) atoms. The van der Waals surface area contributed by atoms with Crippen molar-refractivity contribution < 1.29 is 9.47 Å². The molecule has 2 aliphatic rings. The lowest BCUT2D eigenvalue weighted by atomic mass is 10.0. The van der Waals surface area contributed by atoms with Crippen LogP contribution in [0.1, 0.15) is 37.0 Å². The fourth-order valence-electron chi connectivity index (χ4n) is 3.27. The van der Waals surface area contributed by atoms with Gasteiger partial charge in [0.1, 0.15) is 5.75 Å². The van der Waals surface area contributed by atoms with Crippen LogP contribution in [0, 0.1) is 5.92 Å². The van der Waals surface area contributed by atoms with E-state index >= 15 is 0 Å². The Bertz CT molecular complexity index is 788. The molecule has 0 spiro atoms. The minimum Gasteiger partial charge on any atom is -0.492 e. The molecular formula is C19H24BrNO3S. The molecule has 0 radical (unpaired) electrons. The SMILES string of the molecule is C/C=c1/[nH]c(=O)c(C2CC=CS2)c(OCC2CCOCC2)/c1=C/CBr. The standard InChI is InChI=1S/C19H24BrNO3S/c1-2-15-14(5-8-20)18(24-12-13-6-9-23-10-7-13)17(19(22)21-15)16-4-3-11-25-16/h2-3,5,11,13,16H,4,6-10,12H2,1H3,(H,21,22)/b14-5+,15-2+. The van der Waals surface area contributed by atoms with Gasteiger partial charge in [-0.05, 0) is 37.5 Å². The zero-order valence-corrected chi connectivity index (χ0v) is 16.8. The monoisotopic (exact) mass is 425 g/mol. The third-order valence-corrected chi connectivity index (χ3v) is 6.09. The van der Waals surface area contributed by atoms with E-state index in [1.54, 1.807) is 11.8 Å². The van der Waals surface area contributed by atoms with Gasteiger partial charge < -0.3 is 14.5 Å². The number of thioether (sulfide) groups is 1. The summed E-state index contributed by atoms with van der Waals surface area (Å²) in [6.07, 6.45) is 9.02. The Labute approximate surface area is 160 Å². The second-order valence-corrected chi connectivity index (χ2v) is 8.03. The second kappa shape index (κ2) is 9.10. The number of nitrogens with one attached hydrogen (secondary N) is 1. The largest absolute Gasteiger partial charge is 0.492 e. The Morgan fingerprint density at radius 2 is 2.24 bits per heavy atom. The van der Waals surface area contributed by atoms with Crippen molar-refractivity contribution in [2.75, 3.05) is 25.2 Å².